The fourth-order valence-corrected chi connectivity index (χ4v) is 3.76. The molecule has 3 nitrogen and oxygen atoms in total. The first-order valence-electron chi connectivity index (χ1n) is 5.46. The molecule has 0 aromatic carbocycles. The summed E-state index contributed by atoms with van der Waals surface area (Å²) in [5.74, 6) is 1.98. The first-order chi connectivity index (χ1) is 6.66. The molecule has 4 N–H and O–H groups in total. The summed E-state index contributed by atoms with van der Waals surface area (Å²) >= 11 is 1.84. The number of aliphatic hydroxyl groups is 1. The van der Waals surface area contributed by atoms with Gasteiger partial charge in [0.1, 0.15) is 0 Å². The van der Waals surface area contributed by atoms with Gasteiger partial charge in [0.2, 0.25) is 0 Å². The third-order valence-corrected chi connectivity index (χ3v) is 4.82. The van der Waals surface area contributed by atoms with Crippen molar-refractivity contribution in [2.24, 2.45) is 5.73 Å². The lowest BCUT2D eigenvalue weighted by molar-refractivity contribution is -0.0347. The minimum Gasteiger partial charge on any atom is -0.387 e. The van der Waals surface area contributed by atoms with Gasteiger partial charge >= 0.3 is 0 Å². The summed E-state index contributed by atoms with van der Waals surface area (Å²) in [6.45, 7) is 1.81. The van der Waals surface area contributed by atoms with Crippen molar-refractivity contribution in [3.8, 4) is 0 Å². The molecule has 2 aliphatic heterocycles. The SMILES string of the molecule is NC1(C2(O)CCCSC2)CCCNC1. The zero-order valence-corrected chi connectivity index (χ0v) is 9.41. The summed E-state index contributed by atoms with van der Waals surface area (Å²) in [6.07, 6.45) is 4.01. The maximum Gasteiger partial charge on any atom is 0.0928 e. The maximum atomic E-state index is 10.6. The molecule has 4 heteroatoms. The average Bonchev–Trinajstić information content (AvgIpc) is 2.20. The zero-order chi connectivity index (χ0) is 10.1. The molecule has 0 saturated carbocycles. The van der Waals surface area contributed by atoms with Crippen LogP contribution in [0.3, 0.4) is 0 Å². The lowest BCUT2D eigenvalue weighted by Gasteiger charge is -2.48. The predicted molar refractivity (Wildman–Crippen MR) is 60.5 cm³/mol. The van der Waals surface area contributed by atoms with Crippen LogP contribution in [0.15, 0.2) is 0 Å². The molecule has 2 unspecified atom stereocenters. The number of nitrogens with two attached hydrogens (primary N) is 1. The van der Waals surface area contributed by atoms with Gasteiger partial charge in [0.05, 0.1) is 11.1 Å². The number of hydrogen-bond acceptors (Lipinski definition) is 4. The van der Waals surface area contributed by atoms with Crippen LogP contribution < -0.4 is 11.1 Å². The zero-order valence-electron chi connectivity index (χ0n) is 8.59. The average molecular weight is 216 g/mol. The van der Waals surface area contributed by atoms with Crippen LogP contribution in [0.1, 0.15) is 25.7 Å². The van der Waals surface area contributed by atoms with Gasteiger partial charge in [-0.25, -0.2) is 0 Å². The van der Waals surface area contributed by atoms with Gasteiger partial charge in [0, 0.05) is 12.3 Å². The monoisotopic (exact) mass is 216 g/mol. The smallest absolute Gasteiger partial charge is 0.0928 e. The number of rotatable bonds is 1. The van der Waals surface area contributed by atoms with Gasteiger partial charge < -0.3 is 16.2 Å². The number of hydrogen-bond donors (Lipinski definition) is 3. The molecule has 0 aromatic rings. The Morgan fingerprint density at radius 2 is 2.14 bits per heavy atom. The predicted octanol–water partition coefficient (Wildman–Crippen LogP) is 0.325. The molecule has 0 aliphatic carbocycles. The van der Waals surface area contributed by atoms with E-state index in [1.807, 2.05) is 11.8 Å². The van der Waals surface area contributed by atoms with Crippen LogP contribution in [-0.4, -0.2) is 40.8 Å². The number of thioether (sulfide) groups is 1. The van der Waals surface area contributed by atoms with Crippen molar-refractivity contribution in [2.45, 2.75) is 36.8 Å². The molecular weight excluding hydrogens is 196 g/mol. The van der Waals surface area contributed by atoms with E-state index in [2.05, 4.69) is 5.32 Å². The molecule has 2 fully saturated rings. The van der Waals surface area contributed by atoms with E-state index in [1.54, 1.807) is 0 Å². The molecule has 14 heavy (non-hydrogen) atoms. The van der Waals surface area contributed by atoms with Gasteiger partial charge in [-0.15, -0.1) is 0 Å². The Balaban J connectivity index is 2.09. The van der Waals surface area contributed by atoms with Crippen molar-refractivity contribution in [1.82, 2.24) is 5.32 Å². The highest BCUT2D eigenvalue weighted by molar-refractivity contribution is 7.99. The van der Waals surface area contributed by atoms with Crippen molar-refractivity contribution in [1.29, 1.82) is 0 Å². The second-order valence-electron chi connectivity index (χ2n) is 4.62. The highest BCUT2D eigenvalue weighted by atomic mass is 32.2. The van der Waals surface area contributed by atoms with E-state index >= 15 is 0 Å². The first-order valence-corrected chi connectivity index (χ1v) is 6.62. The third kappa shape index (κ3) is 1.81. The Morgan fingerprint density at radius 1 is 1.29 bits per heavy atom. The minimum atomic E-state index is -0.636. The van der Waals surface area contributed by atoms with Crippen LogP contribution in [0, 0.1) is 0 Å². The van der Waals surface area contributed by atoms with Crippen LogP contribution in [-0.2, 0) is 0 Å². The van der Waals surface area contributed by atoms with E-state index in [0.29, 0.717) is 0 Å². The fourth-order valence-electron chi connectivity index (χ4n) is 2.50. The normalized spacial score (nSPS) is 45.0. The van der Waals surface area contributed by atoms with E-state index in [1.165, 1.54) is 5.75 Å². The van der Waals surface area contributed by atoms with Crippen LogP contribution in [0.4, 0.5) is 0 Å². The quantitative estimate of drug-likeness (QED) is 0.591. The molecule has 2 saturated heterocycles. The Kier molecular flexibility index (Phi) is 3.07. The van der Waals surface area contributed by atoms with Gasteiger partial charge in [-0.2, -0.15) is 11.8 Å². The van der Waals surface area contributed by atoms with Gasteiger partial charge in [-0.05, 0) is 38.0 Å². The van der Waals surface area contributed by atoms with Gasteiger partial charge in [-0.3, -0.25) is 0 Å². The van der Waals surface area contributed by atoms with E-state index < -0.39 is 11.1 Å². The van der Waals surface area contributed by atoms with Crippen molar-refractivity contribution in [2.75, 3.05) is 24.6 Å². The Morgan fingerprint density at radius 3 is 2.71 bits per heavy atom. The van der Waals surface area contributed by atoms with Crippen molar-refractivity contribution in [3.63, 3.8) is 0 Å². The van der Waals surface area contributed by atoms with Crippen LogP contribution in [0.2, 0.25) is 0 Å². The molecular formula is C10H20N2OS. The lowest BCUT2D eigenvalue weighted by Crippen LogP contribution is -2.69. The third-order valence-electron chi connectivity index (χ3n) is 3.56. The number of piperidine rings is 1. The molecule has 2 aliphatic rings. The second-order valence-corrected chi connectivity index (χ2v) is 5.73. The second kappa shape index (κ2) is 4.00. The summed E-state index contributed by atoms with van der Waals surface area (Å²) in [4.78, 5) is 0. The standard InChI is InChI=1S/C10H20N2OS/c11-9(3-1-5-12-7-9)10(13)4-2-6-14-8-10/h12-13H,1-8,11H2. The molecule has 2 atom stereocenters. The van der Waals surface area contributed by atoms with Gasteiger partial charge in [0.15, 0.2) is 0 Å². The molecule has 0 aromatic heterocycles. The molecule has 0 radical (unpaired) electrons. The Hall–Kier alpha value is 0.230. The van der Waals surface area contributed by atoms with Crippen LogP contribution in [0.5, 0.6) is 0 Å². The van der Waals surface area contributed by atoms with Gasteiger partial charge in [0.25, 0.3) is 0 Å². The van der Waals surface area contributed by atoms with Crippen LogP contribution in [0.25, 0.3) is 0 Å². The van der Waals surface area contributed by atoms with E-state index in [-0.39, 0.29) is 0 Å². The van der Waals surface area contributed by atoms with Crippen molar-refractivity contribution >= 4 is 11.8 Å². The molecule has 82 valence electrons. The first kappa shape index (κ1) is 10.7. The molecule has 2 heterocycles. The number of nitrogens with one attached hydrogen (secondary N) is 1. The molecule has 0 amide bonds. The van der Waals surface area contributed by atoms with Crippen molar-refractivity contribution in [3.05, 3.63) is 0 Å². The molecule has 0 bridgehead atoms. The van der Waals surface area contributed by atoms with E-state index in [9.17, 15) is 5.11 Å². The summed E-state index contributed by atoms with van der Waals surface area (Å²) < 4.78 is 0. The summed E-state index contributed by atoms with van der Waals surface area (Å²) in [6, 6.07) is 0. The fraction of sp³-hybridized carbons (Fsp3) is 1.00. The summed E-state index contributed by atoms with van der Waals surface area (Å²) in [5.41, 5.74) is 5.32. The largest absolute Gasteiger partial charge is 0.387 e. The molecule has 0 spiro atoms. The minimum absolute atomic E-state index is 0.390. The Labute approximate surface area is 89.8 Å². The maximum absolute atomic E-state index is 10.6. The summed E-state index contributed by atoms with van der Waals surface area (Å²) in [7, 11) is 0. The van der Waals surface area contributed by atoms with E-state index in [0.717, 1.165) is 44.5 Å². The Bertz CT molecular complexity index is 176. The van der Waals surface area contributed by atoms with E-state index in [4.69, 9.17) is 5.73 Å². The lowest BCUT2D eigenvalue weighted by atomic mass is 9.74. The molecule has 2 rings (SSSR count). The highest BCUT2D eigenvalue weighted by Crippen LogP contribution is 2.37. The van der Waals surface area contributed by atoms with Gasteiger partial charge in [-0.1, -0.05) is 0 Å². The highest BCUT2D eigenvalue weighted by Gasteiger charge is 2.48. The topological polar surface area (TPSA) is 58.3 Å². The summed E-state index contributed by atoms with van der Waals surface area (Å²) in [5, 5.41) is 13.9. The van der Waals surface area contributed by atoms with Crippen molar-refractivity contribution < 1.29 is 5.11 Å². The van der Waals surface area contributed by atoms with Crippen LogP contribution >= 0.6 is 11.8 Å².